The summed E-state index contributed by atoms with van der Waals surface area (Å²) in [5, 5.41) is 3.23. The number of rotatable bonds is 2. The molecule has 2 aromatic heterocycles. The fourth-order valence-electron chi connectivity index (χ4n) is 2.39. The maximum Gasteiger partial charge on any atom is 0.264 e. The van der Waals surface area contributed by atoms with Crippen LogP contribution < -0.4 is 5.56 Å². The Kier molecular flexibility index (Phi) is 2.92. The van der Waals surface area contributed by atoms with Gasteiger partial charge in [0.25, 0.3) is 5.56 Å². The largest absolute Gasteiger partial charge is 0.306 e. The monoisotopic (exact) mass is 394 g/mol. The maximum absolute atomic E-state index is 12.1. The summed E-state index contributed by atoms with van der Waals surface area (Å²) in [6, 6.07) is 8.22. The van der Waals surface area contributed by atoms with Crippen LogP contribution in [-0.2, 0) is 0 Å². The molecular formula is C15H11IN2OS. The Labute approximate surface area is 133 Å². The minimum absolute atomic E-state index is 0.0206. The number of benzene rings is 1. The number of H-pyrrole nitrogens is 1. The van der Waals surface area contributed by atoms with Gasteiger partial charge in [-0.3, -0.25) is 4.79 Å². The van der Waals surface area contributed by atoms with Crippen molar-refractivity contribution in [2.45, 2.75) is 18.8 Å². The van der Waals surface area contributed by atoms with Gasteiger partial charge in [0.05, 0.1) is 9.26 Å². The fourth-order valence-corrected chi connectivity index (χ4v) is 4.03. The highest BCUT2D eigenvalue weighted by Gasteiger charge is 2.29. The first kappa shape index (κ1) is 12.5. The van der Waals surface area contributed by atoms with Gasteiger partial charge in [-0.1, -0.05) is 18.2 Å². The summed E-state index contributed by atoms with van der Waals surface area (Å²) in [7, 11) is 0. The Morgan fingerprint density at radius 1 is 1.30 bits per heavy atom. The van der Waals surface area contributed by atoms with Gasteiger partial charge in [-0.15, -0.1) is 11.3 Å². The normalized spacial score (nSPS) is 14.8. The Morgan fingerprint density at radius 3 is 2.90 bits per heavy atom. The average molecular weight is 394 g/mol. The number of nitrogens with zero attached hydrogens (tertiary/aromatic N) is 1. The second kappa shape index (κ2) is 4.66. The minimum Gasteiger partial charge on any atom is -0.306 e. The highest BCUT2D eigenvalue weighted by atomic mass is 127. The van der Waals surface area contributed by atoms with Crippen molar-refractivity contribution in [2.24, 2.45) is 0 Å². The van der Waals surface area contributed by atoms with E-state index in [0.29, 0.717) is 11.7 Å². The van der Waals surface area contributed by atoms with Crippen molar-refractivity contribution >= 4 is 44.0 Å². The van der Waals surface area contributed by atoms with Crippen LogP contribution in [0.3, 0.4) is 0 Å². The predicted molar refractivity (Wildman–Crippen MR) is 90.4 cm³/mol. The van der Waals surface area contributed by atoms with E-state index in [1.807, 2.05) is 12.1 Å². The lowest BCUT2D eigenvalue weighted by Gasteiger charge is -2.05. The Morgan fingerprint density at radius 2 is 2.10 bits per heavy atom. The zero-order valence-electron chi connectivity index (χ0n) is 10.5. The van der Waals surface area contributed by atoms with Crippen LogP contribution in [0.1, 0.15) is 24.5 Å². The summed E-state index contributed by atoms with van der Waals surface area (Å²) in [6.45, 7) is 0. The number of halogens is 1. The molecule has 100 valence electrons. The number of nitrogens with one attached hydrogen (secondary N) is 1. The molecule has 1 N–H and O–H groups in total. The number of aromatic amines is 1. The highest BCUT2D eigenvalue weighted by Crippen LogP contribution is 2.41. The van der Waals surface area contributed by atoms with Crippen molar-refractivity contribution in [3.63, 3.8) is 0 Å². The lowest BCUT2D eigenvalue weighted by molar-refractivity contribution is 0.960. The third-order valence-electron chi connectivity index (χ3n) is 3.59. The molecule has 1 fully saturated rings. The van der Waals surface area contributed by atoms with Crippen LogP contribution in [0.25, 0.3) is 21.5 Å². The van der Waals surface area contributed by atoms with Crippen molar-refractivity contribution in [1.29, 1.82) is 0 Å². The first-order chi connectivity index (χ1) is 9.74. The molecular weight excluding hydrogens is 383 g/mol. The second-order valence-corrected chi connectivity index (χ2v) is 7.02. The van der Waals surface area contributed by atoms with Crippen molar-refractivity contribution in [3.05, 3.63) is 49.3 Å². The van der Waals surface area contributed by atoms with E-state index in [1.54, 1.807) is 11.3 Å². The highest BCUT2D eigenvalue weighted by molar-refractivity contribution is 14.1. The number of aromatic nitrogens is 2. The van der Waals surface area contributed by atoms with Gasteiger partial charge in [0.2, 0.25) is 0 Å². The molecule has 0 saturated heterocycles. The molecule has 0 atom stereocenters. The van der Waals surface area contributed by atoms with Gasteiger partial charge in [-0.2, -0.15) is 0 Å². The van der Waals surface area contributed by atoms with Gasteiger partial charge in [0.1, 0.15) is 5.82 Å². The molecule has 1 aliphatic carbocycles. The smallest absolute Gasteiger partial charge is 0.264 e. The van der Waals surface area contributed by atoms with E-state index in [2.05, 4.69) is 45.1 Å². The standard InChI is InChI=1S/C15H11IN2OS/c16-12-13(8-5-6-8)17-14(18-15(12)19)10-7-20-11-4-2-1-3-9(10)11/h1-4,7-8H,5-6H2,(H,17,18,19). The Hall–Kier alpha value is -1.21. The summed E-state index contributed by atoms with van der Waals surface area (Å²) in [4.78, 5) is 19.8. The van der Waals surface area contributed by atoms with Gasteiger partial charge in [-0.25, -0.2) is 4.98 Å². The molecule has 0 bridgehead atoms. The first-order valence-corrected chi connectivity index (χ1v) is 8.46. The summed E-state index contributed by atoms with van der Waals surface area (Å²) < 4.78 is 1.96. The fraction of sp³-hybridized carbons (Fsp3) is 0.200. The molecule has 4 rings (SSSR count). The van der Waals surface area contributed by atoms with Crippen LogP contribution in [0.2, 0.25) is 0 Å². The lowest BCUT2D eigenvalue weighted by Crippen LogP contribution is -2.15. The second-order valence-electron chi connectivity index (χ2n) is 5.03. The van der Waals surface area contributed by atoms with E-state index in [4.69, 9.17) is 4.98 Å². The summed E-state index contributed by atoms with van der Waals surface area (Å²) in [6.07, 6.45) is 2.30. The predicted octanol–water partition coefficient (Wildman–Crippen LogP) is 4.13. The number of thiophene rings is 1. The molecule has 3 nitrogen and oxygen atoms in total. The van der Waals surface area contributed by atoms with Gasteiger partial charge < -0.3 is 4.98 Å². The van der Waals surface area contributed by atoms with Crippen LogP contribution in [0.4, 0.5) is 0 Å². The average Bonchev–Trinajstić information content (AvgIpc) is 3.21. The molecule has 1 aromatic carbocycles. The Bertz CT molecular complexity index is 864. The van der Waals surface area contributed by atoms with E-state index >= 15 is 0 Å². The molecule has 1 saturated carbocycles. The van der Waals surface area contributed by atoms with Gasteiger partial charge in [0.15, 0.2) is 0 Å². The SMILES string of the molecule is O=c1[nH]c(-c2csc3ccccc23)nc(C2CC2)c1I. The van der Waals surface area contributed by atoms with E-state index in [-0.39, 0.29) is 5.56 Å². The van der Waals surface area contributed by atoms with Crippen LogP contribution in [-0.4, -0.2) is 9.97 Å². The van der Waals surface area contributed by atoms with Crippen LogP contribution in [0, 0.1) is 3.57 Å². The van der Waals surface area contributed by atoms with Crippen molar-refractivity contribution in [1.82, 2.24) is 9.97 Å². The summed E-state index contributed by atoms with van der Waals surface area (Å²) >= 11 is 3.79. The maximum atomic E-state index is 12.1. The van der Waals surface area contributed by atoms with Gasteiger partial charge in [0, 0.05) is 26.9 Å². The van der Waals surface area contributed by atoms with Crippen molar-refractivity contribution in [2.75, 3.05) is 0 Å². The van der Waals surface area contributed by atoms with E-state index < -0.39 is 0 Å². The topological polar surface area (TPSA) is 45.8 Å². The molecule has 0 aliphatic heterocycles. The summed E-state index contributed by atoms with van der Waals surface area (Å²) in [5.74, 6) is 1.18. The minimum atomic E-state index is -0.0206. The van der Waals surface area contributed by atoms with E-state index in [0.717, 1.165) is 33.1 Å². The van der Waals surface area contributed by atoms with Crippen LogP contribution in [0.15, 0.2) is 34.4 Å². The molecule has 1 aliphatic rings. The van der Waals surface area contributed by atoms with E-state index in [9.17, 15) is 4.79 Å². The number of hydrogen-bond donors (Lipinski definition) is 1. The van der Waals surface area contributed by atoms with Crippen LogP contribution >= 0.6 is 33.9 Å². The summed E-state index contributed by atoms with van der Waals surface area (Å²) in [5.41, 5.74) is 1.98. The zero-order chi connectivity index (χ0) is 13.7. The quantitative estimate of drug-likeness (QED) is 0.665. The molecule has 0 spiro atoms. The molecule has 0 radical (unpaired) electrons. The molecule has 2 heterocycles. The first-order valence-electron chi connectivity index (χ1n) is 6.50. The molecule has 0 unspecified atom stereocenters. The number of hydrogen-bond acceptors (Lipinski definition) is 3. The Balaban J connectivity index is 1.96. The molecule has 0 amide bonds. The van der Waals surface area contributed by atoms with Crippen molar-refractivity contribution < 1.29 is 0 Å². The van der Waals surface area contributed by atoms with Gasteiger partial charge >= 0.3 is 0 Å². The van der Waals surface area contributed by atoms with Crippen LogP contribution in [0.5, 0.6) is 0 Å². The zero-order valence-corrected chi connectivity index (χ0v) is 13.5. The molecule has 3 aromatic rings. The third-order valence-corrected chi connectivity index (χ3v) is 5.59. The van der Waals surface area contributed by atoms with Gasteiger partial charge in [-0.05, 0) is 41.5 Å². The van der Waals surface area contributed by atoms with Crippen molar-refractivity contribution in [3.8, 4) is 11.4 Å². The molecule has 5 heteroatoms. The molecule has 20 heavy (non-hydrogen) atoms. The third kappa shape index (κ3) is 2.00. The van der Waals surface area contributed by atoms with E-state index in [1.165, 1.54) is 4.70 Å². The lowest BCUT2D eigenvalue weighted by atomic mass is 10.1. The number of fused-ring (bicyclic) bond motifs is 1.